The first-order valence-electron chi connectivity index (χ1n) is 7.11. The number of fused-ring (bicyclic) bond motifs is 1. The van der Waals surface area contributed by atoms with Gasteiger partial charge in [0.1, 0.15) is 11.6 Å². The number of hydrogen-bond acceptors (Lipinski definition) is 3. The summed E-state index contributed by atoms with van der Waals surface area (Å²) >= 11 is 0. The maximum atomic E-state index is 5.28. The van der Waals surface area contributed by atoms with Crippen LogP contribution in [0.4, 0.5) is 0 Å². The van der Waals surface area contributed by atoms with Crippen molar-refractivity contribution in [2.45, 2.75) is 52.7 Å². The molecule has 110 valence electrons. The Hall–Kier alpha value is -1.55. The Morgan fingerprint density at radius 3 is 2.55 bits per heavy atom. The second kappa shape index (κ2) is 5.44. The van der Waals surface area contributed by atoms with Crippen LogP contribution in [0.1, 0.15) is 46.5 Å². The zero-order chi connectivity index (χ0) is 14.9. The van der Waals surface area contributed by atoms with Crippen molar-refractivity contribution in [2.24, 2.45) is 0 Å². The molecule has 2 rings (SSSR count). The van der Waals surface area contributed by atoms with Crippen molar-refractivity contribution in [2.75, 3.05) is 7.11 Å². The van der Waals surface area contributed by atoms with Gasteiger partial charge in [-0.1, -0.05) is 0 Å². The molecule has 0 unspecified atom stereocenters. The van der Waals surface area contributed by atoms with Gasteiger partial charge in [-0.2, -0.15) is 0 Å². The van der Waals surface area contributed by atoms with Gasteiger partial charge in [-0.15, -0.1) is 0 Å². The third kappa shape index (κ3) is 3.12. The van der Waals surface area contributed by atoms with E-state index in [1.807, 2.05) is 12.1 Å². The summed E-state index contributed by atoms with van der Waals surface area (Å²) in [5, 5.41) is 3.51. The molecule has 1 N–H and O–H groups in total. The summed E-state index contributed by atoms with van der Waals surface area (Å²) in [5.74, 6) is 1.92. The van der Waals surface area contributed by atoms with Crippen molar-refractivity contribution in [3.63, 3.8) is 0 Å². The van der Waals surface area contributed by atoms with Gasteiger partial charge >= 0.3 is 0 Å². The largest absolute Gasteiger partial charge is 0.497 e. The molecule has 0 aliphatic carbocycles. The molecule has 0 spiro atoms. The molecule has 4 nitrogen and oxygen atoms in total. The number of rotatable bonds is 4. The summed E-state index contributed by atoms with van der Waals surface area (Å²) in [7, 11) is 1.68. The van der Waals surface area contributed by atoms with Crippen molar-refractivity contribution in [3.8, 4) is 5.75 Å². The average molecular weight is 275 g/mol. The lowest BCUT2D eigenvalue weighted by Gasteiger charge is -2.21. The summed E-state index contributed by atoms with van der Waals surface area (Å²) in [4.78, 5) is 4.77. The lowest BCUT2D eigenvalue weighted by molar-refractivity contribution is 0.408. The van der Waals surface area contributed by atoms with Crippen LogP contribution in [0.3, 0.4) is 0 Å². The number of imidazole rings is 1. The van der Waals surface area contributed by atoms with Crippen LogP contribution in [0.25, 0.3) is 11.0 Å². The summed E-state index contributed by atoms with van der Waals surface area (Å²) in [5.41, 5.74) is 2.23. The van der Waals surface area contributed by atoms with Crippen molar-refractivity contribution >= 4 is 11.0 Å². The summed E-state index contributed by atoms with van der Waals surface area (Å²) in [6.45, 7) is 11.6. The van der Waals surface area contributed by atoms with Crippen LogP contribution in [0.2, 0.25) is 0 Å². The van der Waals surface area contributed by atoms with Crippen LogP contribution >= 0.6 is 0 Å². The number of aromatic nitrogens is 2. The first kappa shape index (κ1) is 14.9. The Morgan fingerprint density at radius 2 is 2.00 bits per heavy atom. The van der Waals surface area contributed by atoms with Crippen LogP contribution in [0, 0.1) is 0 Å². The molecule has 0 saturated carbocycles. The van der Waals surface area contributed by atoms with E-state index in [1.165, 1.54) is 0 Å². The number of ether oxygens (including phenoxy) is 1. The molecule has 0 amide bonds. The topological polar surface area (TPSA) is 39.1 Å². The van der Waals surface area contributed by atoms with Gasteiger partial charge in [0.2, 0.25) is 0 Å². The molecule has 1 aromatic heterocycles. The first-order valence-corrected chi connectivity index (χ1v) is 7.11. The number of benzene rings is 1. The highest BCUT2D eigenvalue weighted by molar-refractivity contribution is 5.78. The highest BCUT2D eigenvalue weighted by Crippen LogP contribution is 2.25. The fraction of sp³-hybridized carbons (Fsp3) is 0.562. The van der Waals surface area contributed by atoms with E-state index in [9.17, 15) is 0 Å². The molecular formula is C16H25N3O. The quantitative estimate of drug-likeness (QED) is 0.928. The highest BCUT2D eigenvalue weighted by atomic mass is 16.5. The van der Waals surface area contributed by atoms with E-state index in [4.69, 9.17) is 9.72 Å². The van der Waals surface area contributed by atoms with E-state index in [2.05, 4.69) is 50.6 Å². The van der Waals surface area contributed by atoms with Gasteiger partial charge < -0.3 is 14.6 Å². The molecule has 0 aliphatic heterocycles. The average Bonchev–Trinajstić information content (AvgIpc) is 2.72. The van der Waals surface area contributed by atoms with Gasteiger partial charge in [0, 0.05) is 17.6 Å². The van der Waals surface area contributed by atoms with E-state index in [0.29, 0.717) is 6.04 Å². The molecule has 0 saturated heterocycles. The SMILES string of the molecule is COc1ccc2c(c1)nc(CNC(C)(C)C)n2C(C)C. The Labute approximate surface area is 121 Å². The van der Waals surface area contributed by atoms with E-state index in [1.54, 1.807) is 7.11 Å². The Morgan fingerprint density at radius 1 is 1.30 bits per heavy atom. The summed E-state index contributed by atoms with van der Waals surface area (Å²) in [6, 6.07) is 6.45. The smallest absolute Gasteiger partial charge is 0.124 e. The molecule has 1 aromatic carbocycles. The van der Waals surface area contributed by atoms with Crippen molar-refractivity contribution in [1.82, 2.24) is 14.9 Å². The van der Waals surface area contributed by atoms with Crippen LogP contribution in [0.5, 0.6) is 5.75 Å². The van der Waals surface area contributed by atoms with Crippen LogP contribution in [-0.2, 0) is 6.54 Å². The second-order valence-electron chi connectivity index (χ2n) is 6.45. The van der Waals surface area contributed by atoms with E-state index < -0.39 is 0 Å². The fourth-order valence-corrected chi connectivity index (χ4v) is 2.30. The zero-order valence-electron chi connectivity index (χ0n) is 13.3. The van der Waals surface area contributed by atoms with Gasteiger partial charge in [-0.3, -0.25) is 0 Å². The predicted octanol–water partition coefficient (Wildman–Crippen LogP) is 3.51. The minimum absolute atomic E-state index is 0.0810. The zero-order valence-corrected chi connectivity index (χ0v) is 13.3. The van der Waals surface area contributed by atoms with E-state index in [0.717, 1.165) is 29.2 Å². The van der Waals surface area contributed by atoms with Gasteiger partial charge in [-0.05, 0) is 46.8 Å². The number of hydrogen-bond donors (Lipinski definition) is 1. The van der Waals surface area contributed by atoms with Crippen molar-refractivity contribution < 1.29 is 4.74 Å². The first-order chi connectivity index (χ1) is 9.31. The molecule has 0 atom stereocenters. The standard InChI is InChI=1S/C16H25N3O/c1-11(2)19-14-8-7-12(20-6)9-13(14)18-15(19)10-17-16(3,4)5/h7-9,11,17H,10H2,1-6H3. The molecule has 20 heavy (non-hydrogen) atoms. The lowest BCUT2D eigenvalue weighted by Crippen LogP contribution is -2.36. The molecule has 2 aromatic rings. The monoisotopic (exact) mass is 275 g/mol. The lowest BCUT2D eigenvalue weighted by atomic mass is 10.1. The molecule has 0 aliphatic rings. The Kier molecular flexibility index (Phi) is 4.04. The minimum atomic E-state index is 0.0810. The van der Waals surface area contributed by atoms with Gasteiger partial charge in [0.15, 0.2) is 0 Å². The van der Waals surface area contributed by atoms with Crippen LogP contribution in [-0.4, -0.2) is 22.2 Å². The Bertz CT molecular complexity index is 594. The Balaban J connectivity index is 2.44. The van der Waals surface area contributed by atoms with Crippen LogP contribution in [0.15, 0.2) is 18.2 Å². The summed E-state index contributed by atoms with van der Waals surface area (Å²) in [6.07, 6.45) is 0. The predicted molar refractivity (Wildman–Crippen MR) is 83.3 cm³/mol. The fourth-order valence-electron chi connectivity index (χ4n) is 2.30. The third-order valence-corrected chi connectivity index (χ3v) is 3.26. The van der Waals surface area contributed by atoms with E-state index in [-0.39, 0.29) is 5.54 Å². The maximum Gasteiger partial charge on any atom is 0.124 e. The highest BCUT2D eigenvalue weighted by Gasteiger charge is 2.16. The summed E-state index contributed by atoms with van der Waals surface area (Å²) < 4.78 is 7.57. The molecule has 0 bridgehead atoms. The minimum Gasteiger partial charge on any atom is -0.497 e. The second-order valence-corrected chi connectivity index (χ2v) is 6.45. The number of nitrogens with one attached hydrogen (secondary N) is 1. The number of methoxy groups -OCH3 is 1. The van der Waals surface area contributed by atoms with E-state index >= 15 is 0 Å². The third-order valence-electron chi connectivity index (χ3n) is 3.26. The van der Waals surface area contributed by atoms with Crippen molar-refractivity contribution in [1.29, 1.82) is 0 Å². The molecule has 0 fully saturated rings. The van der Waals surface area contributed by atoms with Gasteiger partial charge in [-0.25, -0.2) is 4.98 Å². The molecule has 4 heteroatoms. The normalized spacial score (nSPS) is 12.3. The molecule has 1 heterocycles. The molecule has 0 radical (unpaired) electrons. The number of nitrogens with zero attached hydrogens (tertiary/aromatic N) is 2. The van der Waals surface area contributed by atoms with Gasteiger partial charge in [0.25, 0.3) is 0 Å². The molecular weight excluding hydrogens is 250 g/mol. The van der Waals surface area contributed by atoms with Crippen LogP contribution < -0.4 is 10.1 Å². The maximum absolute atomic E-state index is 5.28. The van der Waals surface area contributed by atoms with Crippen molar-refractivity contribution in [3.05, 3.63) is 24.0 Å². The van der Waals surface area contributed by atoms with Gasteiger partial charge in [0.05, 0.1) is 24.7 Å².